The van der Waals surface area contributed by atoms with Crippen molar-refractivity contribution in [3.05, 3.63) is 58.5 Å². The highest BCUT2D eigenvalue weighted by molar-refractivity contribution is 5.35. The summed E-state index contributed by atoms with van der Waals surface area (Å²) in [5.74, 6) is 1.64. The van der Waals surface area contributed by atoms with Crippen LogP contribution in [0, 0.1) is 0 Å². The van der Waals surface area contributed by atoms with Crippen molar-refractivity contribution in [2.24, 2.45) is 0 Å². The maximum absolute atomic E-state index is 12.2. The summed E-state index contributed by atoms with van der Waals surface area (Å²) in [7, 11) is 0. The highest BCUT2D eigenvalue weighted by Gasteiger charge is 2.20. The number of hydrogen-bond acceptors (Lipinski definition) is 4. The summed E-state index contributed by atoms with van der Waals surface area (Å²) in [5.41, 5.74) is 0.490. The minimum Gasteiger partial charge on any atom is -0.463 e. The summed E-state index contributed by atoms with van der Waals surface area (Å²) >= 11 is 0. The number of nitrogens with one attached hydrogen (secondary N) is 1. The molecule has 1 saturated carbocycles. The lowest BCUT2D eigenvalue weighted by molar-refractivity contribution is 0.427. The third-order valence-electron chi connectivity index (χ3n) is 3.65. The highest BCUT2D eigenvalue weighted by Crippen LogP contribution is 2.19. The first kappa shape index (κ1) is 12.4. The molecule has 3 aromatic heterocycles. The summed E-state index contributed by atoms with van der Waals surface area (Å²) in [6.45, 7) is 1.09. The molecule has 1 N–H and O–H groups in total. The predicted octanol–water partition coefficient (Wildman–Crippen LogP) is 1.39. The Morgan fingerprint density at radius 1 is 1.24 bits per heavy atom. The third kappa shape index (κ3) is 2.50. The normalized spacial score (nSPS) is 14.9. The number of rotatable bonds is 5. The van der Waals surface area contributed by atoms with E-state index in [0.29, 0.717) is 18.2 Å². The number of pyridine rings is 1. The van der Waals surface area contributed by atoms with E-state index >= 15 is 0 Å². The molecule has 0 unspecified atom stereocenters. The van der Waals surface area contributed by atoms with Gasteiger partial charge in [-0.1, -0.05) is 6.07 Å². The molecule has 6 heteroatoms. The van der Waals surface area contributed by atoms with Crippen molar-refractivity contribution in [3.8, 4) is 0 Å². The summed E-state index contributed by atoms with van der Waals surface area (Å²) in [4.78, 5) is 12.2. The molecular weight excluding hydrogens is 268 g/mol. The molecular formula is C15H16N4O2. The molecule has 21 heavy (non-hydrogen) atoms. The van der Waals surface area contributed by atoms with Crippen molar-refractivity contribution in [1.82, 2.24) is 19.5 Å². The molecule has 3 heterocycles. The number of nitrogens with zero attached hydrogens (tertiary/aromatic N) is 3. The van der Waals surface area contributed by atoms with Crippen molar-refractivity contribution >= 4 is 5.65 Å². The molecule has 3 aromatic rings. The molecule has 0 atom stereocenters. The Morgan fingerprint density at radius 3 is 2.90 bits per heavy atom. The van der Waals surface area contributed by atoms with E-state index in [4.69, 9.17) is 4.42 Å². The van der Waals surface area contributed by atoms with E-state index in [0.717, 1.165) is 18.1 Å². The van der Waals surface area contributed by atoms with Crippen LogP contribution in [0.3, 0.4) is 0 Å². The van der Waals surface area contributed by atoms with E-state index in [9.17, 15) is 4.79 Å². The van der Waals surface area contributed by atoms with Gasteiger partial charge >= 0.3 is 5.69 Å². The van der Waals surface area contributed by atoms with E-state index in [1.165, 1.54) is 21.9 Å². The van der Waals surface area contributed by atoms with E-state index < -0.39 is 0 Å². The largest absolute Gasteiger partial charge is 0.463 e. The molecule has 0 aliphatic heterocycles. The Labute approximate surface area is 121 Å². The summed E-state index contributed by atoms with van der Waals surface area (Å²) in [6, 6.07) is 9.99. The first-order valence-electron chi connectivity index (χ1n) is 7.15. The molecule has 1 fully saturated rings. The van der Waals surface area contributed by atoms with Gasteiger partial charge in [0.2, 0.25) is 0 Å². The smallest absolute Gasteiger partial charge is 0.350 e. The monoisotopic (exact) mass is 284 g/mol. The predicted molar refractivity (Wildman–Crippen MR) is 77.1 cm³/mol. The summed E-state index contributed by atoms with van der Waals surface area (Å²) in [6.07, 6.45) is 4.22. The average molecular weight is 284 g/mol. The van der Waals surface area contributed by atoms with Gasteiger partial charge in [0.1, 0.15) is 18.1 Å². The number of hydrogen-bond donors (Lipinski definition) is 1. The SMILES string of the molecule is O=c1n(Cc2ccc(CNC3CC3)o2)nc2ccccn12. The van der Waals surface area contributed by atoms with E-state index in [1.54, 1.807) is 6.20 Å². The van der Waals surface area contributed by atoms with Crippen LogP contribution in [0.15, 0.2) is 45.7 Å². The van der Waals surface area contributed by atoms with Crippen molar-refractivity contribution in [2.45, 2.75) is 32.0 Å². The lowest BCUT2D eigenvalue weighted by Gasteiger charge is -1.99. The molecule has 4 rings (SSSR count). The standard InChI is InChI=1S/C15H16N4O2/c20-15-18-8-2-1-3-14(18)17-19(15)10-13-7-6-12(21-13)9-16-11-4-5-11/h1-3,6-8,11,16H,4-5,9-10H2. The molecule has 0 bridgehead atoms. The first-order chi connectivity index (χ1) is 10.3. The molecule has 108 valence electrons. The van der Waals surface area contributed by atoms with Crippen LogP contribution in [0.1, 0.15) is 24.4 Å². The zero-order valence-electron chi connectivity index (χ0n) is 11.5. The fourth-order valence-electron chi connectivity index (χ4n) is 2.35. The van der Waals surface area contributed by atoms with E-state index in [2.05, 4.69) is 10.4 Å². The summed E-state index contributed by atoms with van der Waals surface area (Å²) < 4.78 is 8.69. The second-order valence-corrected chi connectivity index (χ2v) is 5.39. The first-order valence-corrected chi connectivity index (χ1v) is 7.15. The molecule has 0 spiro atoms. The van der Waals surface area contributed by atoms with Gasteiger partial charge in [-0.25, -0.2) is 9.48 Å². The van der Waals surface area contributed by atoms with Gasteiger partial charge in [0.25, 0.3) is 0 Å². The van der Waals surface area contributed by atoms with Crippen LogP contribution in [0.5, 0.6) is 0 Å². The van der Waals surface area contributed by atoms with Crippen molar-refractivity contribution in [1.29, 1.82) is 0 Å². The van der Waals surface area contributed by atoms with Crippen LogP contribution >= 0.6 is 0 Å². The maximum Gasteiger partial charge on any atom is 0.350 e. The Balaban J connectivity index is 1.53. The van der Waals surface area contributed by atoms with Gasteiger partial charge in [0.05, 0.1) is 6.54 Å². The van der Waals surface area contributed by atoms with Crippen LogP contribution < -0.4 is 11.0 Å². The lowest BCUT2D eigenvalue weighted by Crippen LogP contribution is -2.21. The van der Waals surface area contributed by atoms with Crippen molar-refractivity contribution < 1.29 is 4.42 Å². The third-order valence-corrected chi connectivity index (χ3v) is 3.65. The van der Waals surface area contributed by atoms with Gasteiger partial charge in [-0.05, 0) is 37.1 Å². The topological polar surface area (TPSA) is 64.5 Å². The number of fused-ring (bicyclic) bond motifs is 1. The van der Waals surface area contributed by atoms with E-state index in [1.807, 2.05) is 30.3 Å². The molecule has 1 aliphatic carbocycles. The quantitative estimate of drug-likeness (QED) is 0.769. The maximum atomic E-state index is 12.2. The zero-order valence-corrected chi connectivity index (χ0v) is 11.5. The number of aromatic nitrogens is 3. The van der Waals surface area contributed by atoms with Gasteiger partial charge in [-0.2, -0.15) is 0 Å². The minimum absolute atomic E-state index is 0.153. The van der Waals surface area contributed by atoms with Gasteiger partial charge in [-0.3, -0.25) is 4.40 Å². The fourth-order valence-corrected chi connectivity index (χ4v) is 2.35. The average Bonchev–Trinajstić information content (AvgIpc) is 3.15. The highest BCUT2D eigenvalue weighted by atomic mass is 16.3. The molecule has 0 aromatic carbocycles. The molecule has 0 amide bonds. The second kappa shape index (κ2) is 4.89. The van der Waals surface area contributed by atoms with Crippen molar-refractivity contribution in [2.75, 3.05) is 0 Å². The fraction of sp³-hybridized carbons (Fsp3) is 0.333. The molecule has 0 radical (unpaired) electrons. The van der Waals surface area contributed by atoms with Crippen LogP contribution in [0.2, 0.25) is 0 Å². The van der Waals surface area contributed by atoms with Gasteiger partial charge < -0.3 is 9.73 Å². The zero-order chi connectivity index (χ0) is 14.2. The summed E-state index contributed by atoms with van der Waals surface area (Å²) in [5, 5.41) is 7.69. The lowest BCUT2D eigenvalue weighted by atomic mass is 10.4. The van der Waals surface area contributed by atoms with Crippen LogP contribution in [0.25, 0.3) is 5.65 Å². The van der Waals surface area contributed by atoms with Crippen LogP contribution in [-0.2, 0) is 13.1 Å². The Bertz CT molecular complexity index is 825. The Hall–Kier alpha value is -2.34. The Kier molecular flexibility index (Phi) is 2.89. The van der Waals surface area contributed by atoms with Gasteiger partial charge in [-0.15, -0.1) is 5.10 Å². The number of furan rings is 1. The van der Waals surface area contributed by atoms with Crippen LogP contribution in [-0.4, -0.2) is 20.2 Å². The van der Waals surface area contributed by atoms with Crippen molar-refractivity contribution in [3.63, 3.8) is 0 Å². The molecule has 1 aliphatic rings. The van der Waals surface area contributed by atoms with Crippen LogP contribution in [0.4, 0.5) is 0 Å². The Morgan fingerprint density at radius 2 is 2.10 bits per heavy atom. The molecule has 6 nitrogen and oxygen atoms in total. The molecule has 0 saturated heterocycles. The van der Waals surface area contributed by atoms with E-state index in [-0.39, 0.29) is 5.69 Å². The second-order valence-electron chi connectivity index (χ2n) is 5.39. The van der Waals surface area contributed by atoms with Gasteiger partial charge in [0.15, 0.2) is 5.65 Å². The minimum atomic E-state index is -0.153. The van der Waals surface area contributed by atoms with Gasteiger partial charge in [0, 0.05) is 12.2 Å².